The number of hydrogen-bond acceptors (Lipinski definition) is 4. The Labute approximate surface area is 133 Å². The third-order valence-corrected chi connectivity index (χ3v) is 3.14. The molecule has 0 heterocycles. The lowest BCUT2D eigenvalue weighted by atomic mass is 10.1. The van der Waals surface area contributed by atoms with Crippen molar-refractivity contribution in [2.24, 2.45) is 5.10 Å². The van der Waals surface area contributed by atoms with Gasteiger partial charge in [-0.3, -0.25) is 4.79 Å². The van der Waals surface area contributed by atoms with Gasteiger partial charge in [-0.2, -0.15) is 5.10 Å². The molecule has 114 valence electrons. The molecule has 0 bridgehead atoms. The molecule has 22 heavy (non-hydrogen) atoms. The fraction of sp³-hybridized carbons (Fsp3) is 0.125. The van der Waals surface area contributed by atoms with Crippen LogP contribution >= 0.6 is 11.6 Å². The van der Waals surface area contributed by atoms with Crippen LogP contribution in [0.2, 0.25) is 5.02 Å². The Morgan fingerprint density at radius 1 is 1.32 bits per heavy atom. The van der Waals surface area contributed by atoms with Crippen LogP contribution in [-0.2, 0) is 11.2 Å². The zero-order chi connectivity index (χ0) is 15.9. The van der Waals surface area contributed by atoms with Gasteiger partial charge < -0.3 is 9.84 Å². The SMILES string of the molecule is COc1cc(O)ccc1/C=N/NC(=O)Cc1ccc(Cl)cc1. The van der Waals surface area contributed by atoms with E-state index in [1.807, 2.05) is 0 Å². The molecule has 0 aliphatic heterocycles. The Hall–Kier alpha value is -2.53. The van der Waals surface area contributed by atoms with E-state index in [-0.39, 0.29) is 18.1 Å². The number of halogens is 1. The van der Waals surface area contributed by atoms with E-state index in [0.29, 0.717) is 16.3 Å². The molecule has 0 saturated carbocycles. The molecule has 0 aliphatic rings. The summed E-state index contributed by atoms with van der Waals surface area (Å²) in [6.45, 7) is 0. The van der Waals surface area contributed by atoms with Crippen molar-refractivity contribution in [1.29, 1.82) is 0 Å². The number of benzene rings is 2. The number of amides is 1. The zero-order valence-electron chi connectivity index (χ0n) is 11.9. The van der Waals surface area contributed by atoms with Crippen molar-refractivity contribution in [2.45, 2.75) is 6.42 Å². The van der Waals surface area contributed by atoms with E-state index in [9.17, 15) is 9.90 Å². The van der Waals surface area contributed by atoms with Crippen LogP contribution in [0.25, 0.3) is 0 Å². The van der Waals surface area contributed by atoms with Crippen LogP contribution in [0, 0.1) is 0 Å². The summed E-state index contributed by atoms with van der Waals surface area (Å²) in [5, 5.41) is 13.9. The first kappa shape index (κ1) is 15.9. The molecular formula is C16H15ClN2O3. The number of hydrazone groups is 1. The topological polar surface area (TPSA) is 70.9 Å². The highest BCUT2D eigenvalue weighted by Gasteiger charge is 2.03. The van der Waals surface area contributed by atoms with Crippen LogP contribution in [0.4, 0.5) is 0 Å². The second-order valence-corrected chi connectivity index (χ2v) is 4.96. The van der Waals surface area contributed by atoms with Crippen molar-refractivity contribution in [1.82, 2.24) is 5.43 Å². The summed E-state index contributed by atoms with van der Waals surface area (Å²) in [7, 11) is 1.49. The molecule has 2 rings (SSSR count). The Kier molecular flexibility index (Phi) is 5.38. The van der Waals surface area contributed by atoms with E-state index < -0.39 is 0 Å². The summed E-state index contributed by atoms with van der Waals surface area (Å²) >= 11 is 5.79. The highest BCUT2D eigenvalue weighted by molar-refractivity contribution is 6.30. The molecule has 0 unspecified atom stereocenters. The maximum Gasteiger partial charge on any atom is 0.244 e. The smallest absolute Gasteiger partial charge is 0.244 e. The average molecular weight is 319 g/mol. The number of aromatic hydroxyl groups is 1. The van der Waals surface area contributed by atoms with Crippen molar-refractivity contribution >= 4 is 23.7 Å². The minimum atomic E-state index is -0.240. The Morgan fingerprint density at radius 2 is 2.05 bits per heavy atom. The molecule has 0 atom stereocenters. The molecule has 0 aliphatic carbocycles. The maximum atomic E-state index is 11.8. The molecule has 6 heteroatoms. The van der Waals surface area contributed by atoms with Gasteiger partial charge in [-0.25, -0.2) is 5.43 Å². The van der Waals surface area contributed by atoms with Gasteiger partial charge in [-0.15, -0.1) is 0 Å². The molecule has 0 fully saturated rings. The molecular weight excluding hydrogens is 304 g/mol. The minimum Gasteiger partial charge on any atom is -0.508 e. The van der Waals surface area contributed by atoms with Crippen LogP contribution in [0.15, 0.2) is 47.6 Å². The lowest BCUT2D eigenvalue weighted by molar-refractivity contribution is -0.120. The summed E-state index contributed by atoms with van der Waals surface area (Å²) in [5.41, 5.74) is 3.93. The van der Waals surface area contributed by atoms with E-state index in [2.05, 4.69) is 10.5 Å². The number of nitrogens with zero attached hydrogens (tertiary/aromatic N) is 1. The molecule has 5 nitrogen and oxygen atoms in total. The number of carbonyl (C=O) groups excluding carboxylic acids is 1. The molecule has 2 aromatic rings. The number of methoxy groups -OCH3 is 1. The zero-order valence-corrected chi connectivity index (χ0v) is 12.7. The minimum absolute atomic E-state index is 0.0979. The van der Waals surface area contributed by atoms with Gasteiger partial charge in [0, 0.05) is 16.7 Å². The summed E-state index contributed by atoms with van der Waals surface area (Å²) in [4.78, 5) is 11.8. The molecule has 2 aromatic carbocycles. The van der Waals surface area contributed by atoms with Gasteiger partial charge in [0.1, 0.15) is 11.5 Å². The monoisotopic (exact) mass is 318 g/mol. The van der Waals surface area contributed by atoms with Crippen LogP contribution in [0.5, 0.6) is 11.5 Å². The molecule has 0 saturated heterocycles. The van der Waals surface area contributed by atoms with Crippen molar-refractivity contribution in [3.8, 4) is 11.5 Å². The molecule has 2 N–H and O–H groups in total. The van der Waals surface area contributed by atoms with Gasteiger partial charge in [-0.05, 0) is 29.8 Å². The lowest BCUT2D eigenvalue weighted by Crippen LogP contribution is -2.19. The van der Waals surface area contributed by atoms with E-state index in [0.717, 1.165) is 5.56 Å². The summed E-state index contributed by atoms with van der Waals surface area (Å²) in [6.07, 6.45) is 1.67. The number of ether oxygens (including phenoxy) is 1. The number of rotatable bonds is 5. The number of phenolic OH excluding ortho intramolecular Hbond substituents is 1. The number of hydrogen-bond donors (Lipinski definition) is 2. The van der Waals surface area contributed by atoms with Crippen LogP contribution in [0.1, 0.15) is 11.1 Å². The van der Waals surface area contributed by atoms with Crippen molar-refractivity contribution in [3.63, 3.8) is 0 Å². The first-order valence-corrected chi connectivity index (χ1v) is 6.89. The maximum absolute atomic E-state index is 11.8. The van der Waals surface area contributed by atoms with E-state index in [4.69, 9.17) is 16.3 Å². The predicted octanol–water partition coefficient (Wildman–Crippen LogP) is 2.75. The Morgan fingerprint density at radius 3 is 2.73 bits per heavy atom. The summed E-state index contributed by atoms with van der Waals surface area (Å²) in [5.74, 6) is 0.327. The second-order valence-electron chi connectivity index (χ2n) is 4.52. The third-order valence-electron chi connectivity index (χ3n) is 2.89. The van der Waals surface area contributed by atoms with Crippen molar-refractivity contribution in [3.05, 3.63) is 58.6 Å². The van der Waals surface area contributed by atoms with E-state index >= 15 is 0 Å². The summed E-state index contributed by atoms with van der Waals surface area (Å²) < 4.78 is 5.11. The first-order valence-electron chi connectivity index (χ1n) is 6.52. The predicted molar refractivity (Wildman–Crippen MR) is 85.6 cm³/mol. The third kappa shape index (κ3) is 4.49. The number of nitrogens with one attached hydrogen (secondary N) is 1. The molecule has 0 aromatic heterocycles. The molecule has 1 amide bonds. The van der Waals surface area contributed by atoms with Gasteiger partial charge in [0.25, 0.3) is 0 Å². The average Bonchev–Trinajstić information content (AvgIpc) is 2.51. The summed E-state index contributed by atoms with van der Waals surface area (Å²) in [6, 6.07) is 11.7. The van der Waals surface area contributed by atoms with Gasteiger partial charge in [-0.1, -0.05) is 23.7 Å². The van der Waals surface area contributed by atoms with Crippen molar-refractivity contribution < 1.29 is 14.6 Å². The van der Waals surface area contributed by atoms with E-state index in [1.165, 1.54) is 25.5 Å². The first-order chi connectivity index (χ1) is 10.6. The largest absolute Gasteiger partial charge is 0.508 e. The standard InChI is InChI=1S/C16H15ClN2O3/c1-22-15-9-14(20)7-4-12(15)10-18-19-16(21)8-11-2-5-13(17)6-3-11/h2-7,9-10,20H,8H2,1H3,(H,19,21)/b18-10+. The molecule has 0 radical (unpaired) electrons. The van der Waals surface area contributed by atoms with Crippen LogP contribution < -0.4 is 10.2 Å². The van der Waals surface area contributed by atoms with Crippen LogP contribution in [-0.4, -0.2) is 24.3 Å². The van der Waals surface area contributed by atoms with Crippen molar-refractivity contribution in [2.75, 3.05) is 7.11 Å². The Bertz CT molecular complexity index is 684. The highest BCUT2D eigenvalue weighted by Crippen LogP contribution is 2.22. The molecule has 0 spiro atoms. The van der Waals surface area contributed by atoms with E-state index in [1.54, 1.807) is 30.3 Å². The van der Waals surface area contributed by atoms with Gasteiger partial charge in [0.2, 0.25) is 5.91 Å². The van der Waals surface area contributed by atoms with Gasteiger partial charge in [0.05, 0.1) is 19.7 Å². The Balaban J connectivity index is 1.94. The van der Waals surface area contributed by atoms with Gasteiger partial charge >= 0.3 is 0 Å². The van der Waals surface area contributed by atoms with Gasteiger partial charge in [0.15, 0.2) is 0 Å². The van der Waals surface area contributed by atoms with Crippen LogP contribution in [0.3, 0.4) is 0 Å². The fourth-order valence-electron chi connectivity index (χ4n) is 1.81. The quantitative estimate of drug-likeness (QED) is 0.658. The number of phenols is 1. The lowest BCUT2D eigenvalue weighted by Gasteiger charge is -2.05. The highest BCUT2D eigenvalue weighted by atomic mass is 35.5. The normalized spacial score (nSPS) is 10.6. The second kappa shape index (κ2) is 7.47. The number of carbonyl (C=O) groups is 1. The fourth-order valence-corrected chi connectivity index (χ4v) is 1.93.